The van der Waals surface area contributed by atoms with Crippen molar-refractivity contribution in [3.63, 3.8) is 0 Å². The summed E-state index contributed by atoms with van der Waals surface area (Å²) < 4.78 is 41.1. The molecular formula is C20H23F3N2O. The summed E-state index contributed by atoms with van der Waals surface area (Å²) in [5.74, 6) is 0.453. The van der Waals surface area contributed by atoms with Gasteiger partial charge < -0.3 is 5.11 Å². The van der Waals surface area contributed by atoms with E-state index in [0.29, 0.717) is 25.2 Å². The van der Waals surface area contributed by atoms with Gasteiger partial charge in [-0.1, -0.05) is 13.0 Å². The predicted octanol–water partition coefficient (Wildman–Crippen LogP) is 4.71. The second-order valence-electron chi connectivity index (χ2n) is 8.73. The number of aryl methyl sites for hydroxylation is 1. The highest BCUT2D eigenvalue weighted by Gasteiger charge is 2.71. The summed E-state index contributed by atoms with van der Waals surface area (Å²) in [7, 11) is 0. The molecule has 1 aromatic heterocycles. The molecule has 5 atom stereocenters. The molecule has 2 N–H and O–H groups in total. The number of aliphatic hydroxyl groups is 1. The van der Waals surface area contributed by atoms with Crippen LogP contribution in [0.1, 0.15) is 56.1 Å². The van der Waals surface area contributed by atoms with Crippen molar-refractivity contribution in [3.05, 3.63) is 29.5 Å². The molecular weight excluding hydrogens is 341 g/mol. The number of aromatic amines is 1. The molecule has 26 heavy (non-hydrogen) atoms. The Morgan fingerprint density at radius 3 is 2.77 bits per heavy atom. The summed E-state index contributed by atoms with van der Waals surface area (Å²) >= 11 is 0. The maximum atomic E-state index is 13.7. The molecule has 1 aromatic carbocycles. The molecule has 3 unspecified atom stereocenters. The Bertz CT molecular complexity index is 876. The number of halogens is 3. The molecule has 0 saturated heterocycles. The average molecular weight is 364 g/mol. The first-order valence-electron chi connectivity index (χ1n) is 9.50. The van der Waals surface area contributed by atoms with Crippen molar-refractivity contribution in [3.8, 4) is 0 Å². The molecule has 2 aromatic rings. The van der Waals surface area contributed by atoms with Crippen molar-refractivity contribution in [1.29, 1.82) is 0 Å². The number of alkyl halides is 3. The average Bonchev–Trinajstić information content (AvgIpc) is 3.17. The highest BCUT2D eigenvalue weighted by atomic mass is 19.4. The van der Waals surface area contributed by atoms with Crippen LogP contribution in [0.4, 0.5) is 13.2 Å². The number of aromatic nitrogens is 2. The van der Waals surface area contributed by atoms with E-state index in [-0.39, 0.29) is 18.3 Å². The standard InChI is InChI=1S/C20H23F3N2O/c1-18-8-6-13-11-4-5-17-15(10-24-25-17)12(11)2-3-14(13)16(18)7-9-19(18,26)20(21,22)23/h4-5,10,13-14,16,26H,2-3,6-9H2,1H3,(H,24,25)/t13?,14?,16?,18-,19-/m0/s1. The van der Waals surface area contributed by atoms with Gasteiger partial charge in [-0.05, 0) is 73.5 Å². The zero-order chi connectivity index (χ0) is 18.3. The Balaban J connectivity index is 1.56. The van der Waals surface area contributed by atoms with Crippen molar-refractivity contribution in [2.24, 2.45) is 17.3 Å². The van der Waals surface area contributed by atoms with Gasteiger partial charge in [0, 0.05) is 10.8 Å². The Kier molecular flexibility index (Phi) is 3.21. The Morgan fingerprint density at radius 2 is 2.00 bits per heavy atom. The molecule has 3 aliphatic rings. The number of nitrogens with one attached hydrogen (secondary N) is 1. The van der Waals surface area contributed by atoms with Gasteiger partial charge in [0.25, 0.3) is 0 Å². The molecule has 0 bridgehead atoms. The molecule has 0 aliphatic heterocycles. The van der Waals surface area contributed by atoms with Crippen LogP contribution in [0.25, 0.3) is 10.9 Å². The number of fused-ring (bicyclic) bond motifs is 7. The predicted molar refractivity (Wildman–Crippen MR) is 91.7 cm³/mol. The highest BCUT2D eigenvalue weighted by Crippen LogP contribution is 2.67. The van der Waals surface area contributed by atoms with Gasteiger partial charge in [-0.15, -0.1) is 0 Å². The maximum absolute atomic E-state index is 13.7. The first-order chi connectivity index (χ1) is 12.3. The van der Waals surface area contributed by atoms with Gasteiger partial charge in [-0.2, -0.15) is 18.3 Å². The van der Waals surface area contributed by atoms with Crippen LogP contribution in [0.2, 0.25) is 0 Å². The van der Waals surface area contributed by atoms with Gasteiger partial charge in [-0.25, -0.2) is 0 Å². The second-order valence-corrected chi connectivity index (χ2v) is 8.73. The van der Waals surface area contributed by atoms with E-state index in [1.807, 2.05) is 12.3 Å². The summed E-state index contributed by atoms with van der Waals surface area (Å²) in [5.41, 5.74) is 0.0219. The van der Waals surface area contributed by atoms with Crippen molar-refractivity contribution < 1.29 is 18.3 Å². The zero-order valence-electron chi connectivity index (χ0n) is 14.7. The molecule has 2 saturated carbocycles. The van der Waals surface area contributed by atoms with Crippen molar-refractivity contribution in [2.75, 3.05) is 0 Å². The van der Waals surface area contributed by atoms with Crippen LogP contribution < -0.4 is 0 Å². The highest BCUT2D eigenvalue weighted by molar-refractivity contribution is 5.83. The fourth-order valence-corrected chi connectivity index (χ4v) is 6.59. The van der Waals surface area contributed by atoms with Crippen LogP contribution in [0, 0.1) is 17.3 Å². The lowest BCUT2D eigenvalue weighted by molar-refractivity contribution is -0.300. The molecule has 1 heterocycles. The Labute approximate surface area is 150 Å². The lowest BCUT2D eigenvalue weighted by Gasteiger charge is -2.53. The number of benzene rings is 1. The quantitative estimate of drug-likeness (QED) is 0.711. The maximum Gasteiger partial charge on any atom is 0.417 e. The van der Waals surface area contributed by atoms with Gasteiger partial charge in [0.2, 0.25) is 0 Å². The van der Waals surface area contributed by atoms with Crippen molar-refractivity contribution in [2.45, 2.75) is 63.1 Å². The van der Waals surface area contributed by atoms with Gasteiger partial charge in [-0.3, -0.25) is 5.10 Å². The SMILES string of the molecule is C[C@]12CCC3c4ccc5[nH]ncc5c4CCC3C1CC[C@@]2(O)C(F)(F)F. The van der Waals surface area contributed by atoms with Gasteiger partial charge in [0.05, 0.1) is 11.7 Å². The summed E-state index contributed by atoms with van der Waals surface area (Å²) in [6.45, 7) is 1.68. The third-order valence-electron chi connectivity index (χ3n) is 7.96. The molecule has 5 rings (SSSR count). The van der Waals surface area contributed by atoms with Gasteiger partial charge in [0.15, 0.2) is 5.60 Å². The van der Waals surface area contributed by atoms with Crippen LogP contribution in [0.3, 0.4) is 0 Å². The fourth-order valence-electron chi connectivity index (χ4n) is 6.59. The number of hydrogen-bond donors (Lipinski definition) is 2. The monoisotopic (exact) mass is 364 g/mol. The number of H-pyrrole nitrogens is 1. The summed E-state index contributed by atoms with van der Waals surface area (Å²) in [5, 5.41) is 18.9. The Morgan fingerprint density at radius 1 is 1.19 bits per heavy atom. The van der Waals surface area contributed by atoms with Crippen LogP contribution in [0.5, 0.6) is 0 Å². The van der Waals surface area contributed by atoms with Gasteiger partial charge in [0.1, 0.15) is 0 Å². The van der Waals surface area contributed by atoms with E-state index in [0.717, 1.165) is 23.7 Å². The molecule has 0 amide bonds. The third kappa shape index (κ3) is 1.86. The topological polar surface area (TPSA) is 48.9 Å². The largest absolute Gasteiger partial charge is 0.417 e. The third-order valence-corrected chi connectivity index (χ3v) is 7.96. The van der Waals surface area contributed by atoms with Crippen molar-refractivity contribution in [1.82, 2.24) is 10.2 Å². The Hall–Kier alpha value is -1.56. The minimum absolute atomic E-state index is 0.0685. The van der Waals surface area contributed by atoms with E-state index in [2.05, 4.69) is 16.3 Å². The van der Waals surface area contributed by atoms with Crippen LogP contribution in [0.15, 0.2) is 18.3 Å². The molecule has 2 fully saturated rings. The van der Waals surface area contributed by atoms with E-state index in [1.54, 1.807) is 6.92 Å². The summed E-state index contributed by atoms with van der Waals surface area (Å²) in [6, 6.07) is 4.18. The lowest BCUT2D eigenvalue weighted by Crippen LogP contribution is -2.58. The van der Waals surface area contributed by atoms with Crippen molar-refractivity contribution >= 4 is 10.9 Å². The minimum atomic E-state index is -4.56. The van der Waals surface area contributed by atoms with E-state index in [4.69, 9.17) is 0 Å². The fraction of sp³-hybridized carbons (Fsp3) is 0.650. The zero-order valence-corrected chi connectivity index (χ0v) is 14.7. The molecule has 0 spiro atoms. The van der Waals surface area contributed by atoms with Crippen LogP contribution >= 0.6 is 0 Å². The van der Waals surface area contributed by atoms with E-state index >= 15 is 0 Å². The number of rotatable bonds is 0. The molecule has 0 radical (unpaired) electrons. The second kappa shape index (κ2) is 5.03. The van der Waals surface area contributed by atoms with E-state index in [1.165, 1.54) is 11.1 Å². The van der Waals surface area contributed by atoms with Crippen LogP contribution in [-0.4, -0.2) is 27.1 Å². The first-order valence-corrected chi connectivity index (χ1v) is 9.50. The minimum Gasteiger partial charge on any atom is -0.380 e. The van der Waals surface area contributed by atoms with Crippen LogP contribution in [-0.2, 0) is 6.42 Å². The van der Waals surface area contributed by atoms with Gasteiger partial charge >= 0.3 is 6.18 Å². The molecule has 3 aliphatic carbocycles. The smallest absolute Gasteiger partial charge is 0.380 e. The van der Waals surface area contributed by atoms with E-state index in [9.17, 15) is 18.3 Å². The van der Waals surface area contributed by atoms with E-state index < -0.39 is 17.2 Å². The normalized spacial score (nSPS) is 39.5. The molecule has 3 nitrogen and oxygen atoms in total. The lowest BCUT2D eigenvalue weighted by atomic mass is 9.53. The number of nitrogens with zero attached hydrogens (tertiary/aromatic N) is 1. The first kappa shape index (κ1) is 16.6. The molecule has 140 valence electrons. The number of hydrogen-bond acceptors (Lipinski definition) is 2. The summed E-state index contributed by atoms with van der Waals surface area (Å²) in [6.07, 6.45) is 0.536. The summed E-state index contributed by atoms with van der Waals surface area (Å²) in [4.78, 5) is 0. The molecule has 6 heteroatoms.